The predicted molar refractivity (Wildman–Crippen MR) is 125 cm³/mol. The zero-order valence-electron chi connectivity index (χ0n) is 17.4. The molecule has 0 spiro atoms. The second kappa shape index (κ2) is 9.75. The van der Waals surface area contributed by atoms with E-state index < -0.39 is 5.91 Å². The monoisotopic (exact) mass is 452 g/mol. The van der Waals surface area contributed by atoms with Gasteiger partial charge in [0.25, 0.3) is 11.1 Å². The molecular formula is C24H24N2O3S2. The Labute approximate surface area is 190 Å². The number of amides is 3. The van der Waals surface area contributed by atoms with Crippen molar-refractivity contribution in [3.8, 4) is 0 Å². The first-order valence-electron chi connectivity index (χ1n) is 10.4. The molecule has 0 radical (unpaired) electrons. The van der Waals surface area contributed by atoms with Gasteiger partial charge in [-0.15, -0.1) is 0 Å². The summed E-state index contributed by atoms with van der Waals surface area (Å²) in [5.74, 6) is -0.542. The zero-order chi connectivity index (χ0) is 21.8. The van der Waals surface area contributed by atoms with Crippen molar-refractivity contribution in [2.75, 3.05) is 19.6 Å². The Balaban J connectivity index is 1.40. The Bertz CT molecular complexity index is 1010. The minimum absolute atomic E-state index is 0.152. The van der Waals surface area contributed by atoms with Crippen molar-refractivity contribution in [1.29, 1.82) is 0 Å². The van der Waals surface area contributed by atoms with Gasteiger partial charge in [0.15, 0.2) is 0 Å². The van der Waals surface area contributed by atoms with Crippen LogP contribution in [0.15, 0.2) is 63.2 Å². The molecule has 5 nitrogen and oxygen atoms in total. The maximum atomic E-state index is 12.7. The molecule has 0 aliphatic carbocycles. The van der Waals surface area contributed by atoms with Gasteiger partial charge in [0.05, 0.1) is 4.91 Å². The van der Waals surface area contributed by atoms with Crippen molar-refractivity contribution < 1.29 is 14.4 Å². The quantitative estimate of drug-likeness (QED) is 0.584. The Morgan fingerprint density at radius 2 is 1.58 bits per heavy atom. The lowest BCUT2D eigenvalue weighted by Crippen LogP contribution is -2.44. The number of benzene rings is 2. The van der Waals surface area contributed by atoms with E-state index in [2.05, 4.69) is 31.2 Å². The first-order valence-corrected chi connectivity index (χ1v) is 12.0. The second-order valence-corrected chi connectivity index (χ2v) is 9.83. The van der Waals surface area contributed by atoms with E-state index in [0.29, 0.717) is 18.0 Å². The molecular weight excluding hydrogens is 428 g/mol. The zero-order valence-corrected chi connectivity index (χ0v) is 19.0. The van der Waals surface area contributed by atoms with Gasteiger partial charge in [0, 0.05) is 22.9 Å². The highest BCUT2D eigenvalue weighted by atomic mass is 32.2. The SMILES string of the molecule is Cc1ccc(Sc2ccc(/C=C3\SC(=O)N(CC(=O)N4CCCCC4)C3=O)cc2)cc1. The number of hydrogen-bond donors (Lipinski definition) is 0. The third-order valence-corrected chi connectivity index (χ3v) is 7.23. The number of carbonyl (C=O) groups excluding carboxylic acids is 3. The molecule has 2 aromatic rings. The summed E-state index contributed by atoms with van der Waals surface area (Å²) in [5, 5.41) is -0.381. The molecule has 2 aliphatic rings. The van der Waals surface area contributed by atoms with Gasteiger partial charge < -0.3 is 4.90 Å². The number of hydrogen-bond acceptors (Lipinski definition) is 5. The standard InChI is InChI=1S/C24H24N2O3S2/c1-17-5-9-19(10-6-17)30-20-11-7-18(8-12-20)15-21-23(28)26(24(29)31-21)16-22(27)25-13-3-2-4-14-25/h5-12,15H,2-4,13-14,16H2,1H3/b21-15-. The third kappa shape index (κ3) is 5.40. The summed E-state index contributed by atoms with van der Waals surface area (Å²) in [5.41, 5.74) is 2.08. The van der Waals surface area contributed by atoms with Crippen LogP contribution in [-0.2, 0) is 9.59 Å². The summed E-state index contributed by atoms with van der Waals surface area (Å²) in [6.07, 6.45) is 4.80. The first kappa shape index (κ1) is 21.7. The van der Waals surface area contributed by atoms with E-state index in [9.17, 15) is 14.4 Å². The van der Waals surface area contributed by atoms with Crippen LogP contribution in [0.2, 0.25) is 0 Å². The third-order valence-electron chi connectivity index (χ3n) is 5.31. The van der Waals surface area contributed by atoms with Gasteiger partial charge in [-0.1, -0.05) is 41.6 Å². The van der Waals surface area contributed by atoms with Crippen LogP contribution < -0.4 is 0 Å². The summed E-state index contributed by atoms with van der Waals surface area (Å²) >= 11 is 2.57. The smallest absolute Gasteiger partial charge is 0.294 e. The van der Waals surface area contributed by atoms with Crippen LogP contribution in [0, 0.1) is 6.92 Å². The van der Waals surface area contributed by atoms with Crippen LogP contribution in [0.1, 0.15) is 30.4 Å². The van der Waals surface area contributed by atoms with Crippen LogP contribution in [0.4, 0.5) is 4.79 Å². The molecule has 0 aromatic heterocycles. The van der Waals surface area contributed by atoms with Crippen molar-refractivity contribution >= 4 is 46.7 Å². The van der Waals surface area contributed by atoms with Crippen LogP contribution in [-0.4, -0.2) is 46.5 Å². The Morgan fingerprint density at radius 3 is 2.23 bits per heavy atom. The lowest BCUT2D eigenvalue weighted by atomic mass is 10.1. The van der Waals surface area contributed by atoms with Gasteiger partial charge in [-0.3, -0.25) is 19.3 Å². The van der Waals surface area contributed by atoms with Crippen LogP contribution in [0.5, 0.6) is 0 Å². The van der Waals surface area contributed by atoms with Crippen molar-refractivity contribution in [1.82, 2.24) is 9.80 Å². The Kier molecular flexibility index (Phi) is 6.83. The minimum Gasteiger partial charge on any atom is -0.341 e. The highest BCUT2D eigenvalue weighted by Crippen LogP contribution is 2.33. The van der Waals surface area contributed by atoms with Crippen LogP contribution >= 0.6 is 23.5 Å². The molecule has 4 rings (SSSR count). The first-order chi connectivity index (χ1) is 15.0. The molecule has 2 fully saturated rings. The van der Waals surface area contributed by atoms with Crippen LogP contribution in [0.3, 0.4) is 0 Å². The minimum atomic E-state index is -0.390. The highest BCUT2D eigenvalue weighted by Gasteiger charge is 2.37. The number of imide groups is 1. The average Bonchev–Trinajstić information content (AvgIpc) is 3.04. The lowest BCUT2D eigenvalue weighted by Gasteiger charge is -2.27. The van der Waals surface area contributed by atoms with E-state index >= 15 is 0 Å². The van der Waals surface area contributed by atoms with Crippen molar-refractivity contribution in [2.45, 2.75) is 36.0 Å². The van der Waals surface area contributed by atoms with Crippen LogP contribution in [0.25, 0.3) is 6.08 Å². The number of likely N-dealkylation sites (tertiary alicyclic amines) is 1. The molecule has 2 heterocycles. The number of thioether (sulfide) groups is 1. The van der Waals surface area contributed by atoms with E-state index in [1.807, 2.05) is 24.3 Å². The van der Waals surface area contributed by atoms with E-state index in [0.717, 1.165) is 51.3 Å². The average molecular weight is 453 g/mol. The van der Waals surface area contributed by atoms with Gasteiger partial charge in [-0.05, 0) is 73.9 Å². The van der Waals surface area contributed by atoms with Gasteiger partial charge >= 0.3 is 0 Å². The highest BCUT2D eigenvalue weighted by molar-refractivity contribution is 8.18. The summed E-state index contributed by atoms with van der Waals surface area (Å²) in [6.45, 7) is 3.30. The van der Waals surface area contributed by atoms with Gasteiger partial charge in [-0.2, -0.15) is 0 Å². The van der Waals surface area contributed by atoms with Crippen molar-refractivity contribution in [3.63, 3.8) is 0 Å². The number of aryl methyl sites for hydroxylation is 1. The van der Waals surface area contributed by atoms with Crippen molar-refractivity contribution in [3.05, 3.63) is 64.6 Å². The predicted octanol–water partition coefficient (Wildman–Crippen LogP) is 5.20. The number of nitrogens with zero attached hydrogens (tertiary/aromatic N) is 2. The fourth-order valence-electron chi connectivity index (χ4n) is 3.54. The molecule has 0 bridgehead atoms. The molecule has 0 atom stereocenters. The fraction of sp³-hybridized carbons (Fsp3) is 0.292. The van der Waals surface area contributed by atoms with Gasteiger partial charge in [0.2, 0.25) is 5.91 Å². The summed E-state index contributed by atoms with van der Waals surface area (Å²) < 4.78 is 0. The van der Waals surface area contributed by atoms with Gasteiger partial charge in [0.1, 0.15) is 6.54 Å². The van der Waals surface area contributed by atoms with Crippen molar-refractivity contribution in [2.24, 2.45) is 0 Å². The van der Waals surface area contributed by atoms with E-state index in [4.69, 9.17) is 0 Å². The molecule has 7 heteroatoms. The molecule has 2 aromatic carbocycles. The molecule has 2 saturated heterocycles. The number of rotatable bonds is 5. The number of piperidine rings is 1. The Morgan fingerprint density at radius 1 is 0.968 bits per heavy atom. The van der Waals surface area contributed by atoms with E-state index in [1.54, 1.807) is 22.7 Å². The van der Waals surface area contributed by atoms with E-state index in [-0.39, 0.29) is 17.7 Å². The second-order valence-electron chi connectivity index (χ2n) is 7.69. The maximum absolute atomic E-state index is 12.7. The largest absolute Gasteiger partial charge is 0.341 e. The topological polar surface area (TPSA) is 57.7 Å². The summed E-state index contributed by atoms with van der Waals surface area (Å²) in [6, 6.07) is 16.2. The van der Waals surface area contributed by atoms with Gasteiger partial charge in [-0.25, -0.2) is 0 Å². The summed E-state index contributed by atoms with van der Waals surface area (Å²) in [7, 11) is 0. The normalized spacial score (nSPS) is 18.2. The molecule has 0 saturated carbocycles. The summed E-state index contributed by atoms with van der Waals surface area (Å²) in [4.78, 5) is 43.0. The molecule has 2 aliphatic heterocycles. The molecule has 0 N–H and O–H groups in total. The van der Waals surface area contributed by atoms with E-state index in [1.165, 1.54) is 5.56 Å². The maximum Gasteiger partial charge on any atom is 0.294 e. The Hall–Kier alpha value is -2.51. The molecule has 3 amide bonds. The molecule has 0 unspecified atom stereocenters. The number of carbonyl (C=O) groups is 3. The molecule has 160 valence electrons. The fourth-order valence-corrected chi connectivity index (χ4v) is 5.20. The molecule has 31 heavy (non-hydrogen) atoms. The lowest BCUT2D eigenvalue weighted by molar-refractivity contribution is -0.136.